The maximum absolute atomic E-state index is 13.1. The van der Waals surface area contributed by atoms with Gasteiger partial charge in [0.25, 0.3) is 0 Å². The minimum absolute atomic E-state index is 0. The van der Waals surface area contributed by atoms with Crippen molar-refractivity contribution in [3.8, 4) is 5.75 Å². The molecule has 23 heavy (non-hydrogen) atoms. The van der Waals surface area contributed by atoms with Gasteiger partial charge in [-0.2, -0.15) is 13.2 Å². The van der Waals surface area contributed by atoms with Gasteiger partial charge < -0.3 is 15.4 Å². The fraction of sp³-hybridized carbons (Fsp3) is 0.500. The number of alkyl halides is 3. The van der Waals surface area contributed by atoms with Gasteiger partial charge in [0.15, 0.2) is 6.61 Å². The molecule has 130 valence electrons. The second-order valence-electron chi connectivity index (χ2n) is 5.17. The smallest absolute Gasteiger partial charge is 0.422 e. The molecule has 1 amide bonds. The molecule has 1 aliphatic rings. The molecule has 2 rings (SSSR count). The first-order valence-corrected chi connectivity index (χ1v) is 6.83. The fourth-order valence-electron chi connectivity index (χ4n) is 1.78. The van der Waals surface area contributed by atoms with Gasteiger partial charge in [-0.05, 0) is 37.4 Å². The second-order valence-corrected chi connectivity index (χ2v) is 5.17. The standard InChI is InChI=1S/C14H16F4N2O2.ClH/c15-10-3-4-11(12(5-10)22-8-14(16,17)18)20-13(21)7-19-6-9-1-2-9;/h3-5,9,19H,1-2,6-8H2,(H,20,21);1H. The lowest BCUT2D eigenvalue weighted by Crippen LogP contribution is -2.29. The third-order valence-corrected chi connectivity index (χ3v) is 3.02. The second kappa shape index (κ2) is 8.35. The van der Waals surface area contributed by atoms with E-state index in [-0.39, 0.29) is 30.4 Å². The highest BCUT2D eigenvalue weighted by Gasteiger charge is 2.29. The summed E-state index contributed by atoms with van der Waals surface area (Å²) in [6, 6.07) is 3.01. The van der Waals surface area contributed by atoms with E-state index < -0.39 is 24.5 Å². The van der Waals surface area contributed by atoms with Crippen LogP contribution in [0.3, 0.4) is 0 Å². The molecular weight excluding hydrogens is 340 g/mol. The molecule has 0 unspecified atom stereocenters. The van der Waals surface area contributed by atoms with Gasteiger partial charge in [-0.1, -0.05) is 0 Å². The number of carbonyl (C=O) groups is 1. The summed E-state index contributed by atoms with van der Waals surface area (Å²) in [5, 5.41) is 5.36. The molecule has 1 aliphatic carbocycles. The molecule has 2 N–H and O–H groups in total. The zero-order chi connectivity index (χ0) is 16.2. The molecule has 4 nitrogen and oxygen atoms in total. The number of halogens is 5. The minimum Gasteiger partial charge on any atom is -0.482 e. The molecule has 1 fully saturated rings. The summed E-state index contributed by atoms with van der Waals surface area (Å²) < 4.78 is 54.2. The highest BCUT2D eigenvalue weighted by Crippen LogP contribution is 2.28. The van der Waals surface area contributed by atoms with Crippen LogP contribution in [0.1, 0.15) is 12.8 Å². The molecule has 1 aromatic rings. The highest BCUT2D eigenvalue weighted by atomic mass is 35.5. The van der Waals surface area contributed by atoms with E-state index in [4.69, 9.17) is 0 Å². The molecule has 0 bridgehead atoms. The van der Waals surface area contributed by atoms with Gasteiger partial charge in [0.1, 0.15) is 11.6 Å². The first-order chi connectivity index (χ1) is 10.3. The van der Waals surface area contributed by atoms with Crippen molar-refractivity contribution in [3.05, 3.63) is 24.0 Å². The lowest BCUT2D eigenvalue weighted by Gasteiger charge is -2.14. The van der Waals surface area contributed by atoms with Crippen LogP contribution in [0.2, 0.25) is 0 Å². The number of hydrogen-bond donors (Lipinski definition) is 2. The van der Waals surface area contributed by atoms with E-state index in [9.17, 15) is 22.4 Å². The maximum atomic E-state index is 13.1. The molecule has 0 aliphatic heterocycles. The first kappa shape index (κ1) is 19.5. The van der Waals surface area contributed by atoms with Gasteiger partial charge >= 0.3 is 6.18 Å². The lowest BCUT2D eigenvalue weighted by molar-refractivity contribution is -0.153. The topological polar surface area (TPSA) is 50.4 Å². The third-order valence-electron chi connectivity index (χ3n) is 3.02. The highest BCUT2D eigenvalue weighted by molar-refractivity contribution is 5.93. The monoisotopic (exact) mass is 356 g/mol. The van der Waals surface area contributed by atoms with Crippen molar-refractivity contribution in [1.82, 2.24) is 5.32 Å². The Kier molecular flexibility index (Phi) is 7.08. The van der Waals surface area contributed by atoms with Crippen LogP contribution in [0, 0.1) is 11.7 Å². The summed E-state index contributed by atoms with van der Waals surface area (Å²) >= 11 is 0. The van der Waals surface area contributed by atoms with Crippen LogP contribution < -0.4 is 15.4 Å². The molecule has 1 aromatic carbocycles. The summed E-state index contributed by atoms with van der Waals surface area (Å²) in [4.78, 5) is 11.7. The number of amides is 1. The third kappa shape index (κ3) is 7.51. The van der Waals surface area contributed by atoms with Crippen LogP contribution in [0.5, 0.6) is 5.75 Å². The van der Waals surface area contributed by atoms with E-state index in [0.29, 0.717) is 5.92 Å². The maximum Gasteiger partial charge on any atom is 0.422 e. The fourth-order valence-corrected chi connectivity index (χ4v) is 1.78. The average Bonchev–Trinajstić information content (AvgIpc) is 3.22. The molecule has 0 atom stereocenters. The number of benzene rings is 1. The first-order valence-electron chi connectivity index (χ1n) is 6.83. The van der Waals surface area contributed by atoms with Gasteiger partial charge in [-0.15, -0.1) is 12.4 Å². The van der Waals surface area contributed by atoms with E-state index in [1.54, 1.807) is 0 Å². The SMILES string of the molecule is Cl.O=C(CNCC1CC1)Nc1ccc(F)cc1OCC(F)(F)F. The van der Waals surface area contributed by atoms with Crippen LogP contribution in [0.15, 0.2) is 18.2 Å². The molecule has 0 heterocycles. The number of nitrogens with one attached hydrogen (secondary N) is 2. The van der Waals surface area contributed by atoms with Crippen molar-refractivity contribution in [2.45, 2.75) is 19.0 Å². The summed E-state index contributed by atoms with van der Waals surface area (Å²) in [7, 11) is 0. The predicted molar refractivity (Wildman–Crippen MR) is 79.4 cm³/mol. The van der Waals surface area contributed by atoms with Crippen molar-refractivity contribution in [3.63, 3.8) is 0 Å². The van der Waals surface area contributed by atoms with Crippen molar-refractivity contribution in [2.75, 3.05) is 25.0 Å². The average molecular weight is 357 g/mol. The number of carbonyl (C=O) groups excluding carboxylic acids is 1. The summed E-state index contributed by atoms with van der Waals surface area (Å²) in [5.41, 5.74) is 0.00359. The van der Waals surface area contributed by atoms with E-state index in [2.05, 4.69) is 15.4 Å². The quantitative estimate of drug-likeness (QED) is 0.738. The Labute approximate surface area is 137 Å². The Morgan fingerprint density at radius 3 is 2.61 bits per heavy atom. The Morgan fingerprint density at radius 2 is 2.00 bits per heavy atom. The predicted octanol–water partition coefficient (Wildman–Crippen LogP) is 3.13. The van der Waals surface area contributed by atoms with Crippen LogP contribution in [-0.2, 0) is 4.79 Å². The van der Waals surface area contributed by atoms with Gasteiger partial charge in [0.2, 0.25) is 5.91 Å². The number of anilines is 1. The molecule has 1 saturated carbocycles. The van der Waals surface area contributed by atoms with E-state index in [0.717, 1.165) is 31.5 Å². The lowest BCUT2D eigenvalue weighted by atomic mass is 10.2. The Bertz CT molecular complexity index is 536. The van der Waals surface area contributed by atoms with Crippen LogP contribution in [-0.4, -0.2) is 31.8 Å². The normalized spacial score (nSPS) is 14.1. The van der Waals surface area contributed by atoms with Crippen LogP contribution in [0.4, 0.5) is 23.2 Å². The zero-order valence-electron chi connectivity index (χ0n) is 12.1. The largest absolute Gasteiger partial charge is 0.482 e. The van der Waals surface area contributed by atoms with Crippen molar-refractivity contribution in [1.29, 1.82) is 0 Å². The van der Waals surface area contributed by atoms with Gasteiger partial charge in [-0.3, -0.25) is 4.79 Å². The van der Waals surface area contributed by atoms with Gasteiger partial charge in [0.05, 0.1) is 12.2 Å². The minimum atomic E-state index is -4.54. The van der Waals surface area contributed by atoms with Crippen LogP contribution >= 0.6 is 12.4 Å². The Hall–Kier alpha value is -1.54. The van der Waals surface area contributed by atoms with Crippen molar-refractivity contribution in [2.24, 2.45) is 5.92 Å². The summed E-state index contributed by atoms with van der Waals surface area (Å²) in [6.45, 7) is -0.792. The van der Waals surface area contributed by atoms with Crippen LogP contribution in [0.25, 0.3) is 0 Å². The number of rotatable bonds is 7. The van der Waals surface area contributed by atoms with Crippen molar-refractivity contribution < 1.29 is 27.1 Å². The molecule has 0 radical (unpaired) electrons. The van der Waals surface area contributed by atoms with E-state index >= 15 is 0 Å². The van der Waals surface area contributed by atoms with E-state index in [1.165, 1.54) is 6.07 Å². The zero-order valence-corrected chi connectivity index (χ0v) is 12.9. The molecule has 0 spiro atoms. The van der Waals surface area contributed by atoms with E-state index in [1.807, 2.05) is 0 Å². The molecular formula is C14H17ClF4N2O2. The molecule has 9 heteroatoms. The number of hydrogen-bond acceptors (Lipinski definition) is 3. The Morgan fingerprint density at radius 1 is 1.30 bits per heavy atom. The number of ether oxygens (including phenoxy) is 1. The van der Waals surface area contributed by atoms with Gasteiger partial charge in [-0.25, -0.2) is 4.39 Å². The van der Waals surface area contributed by atoms with Gasteiger partial charge in [0, 0.05) is 6.07 Å². The molecule has 0 saturated heterocycles. The van der Waals surface area contributed by atoms with Crippen molar-refractivity contribution >= 4 is 24.0 Å². The Balaban J connectivity index is 0.00000264. The molecule has 0 aromatic heterocycles. The summed E-state index contributed by atoms with van der Waals surface area (Å²) in [5.74, 6) is -0.927. The summed E-state index contributed by atoms with van der Waals surface area (Å²) in [6.07, 6.45) is -2.26.